The molecule has 3 aliphatic rings. The Balaban J connectivity index is 1.47. The average molecular weight is 368 g/mol. The number of hydrazine groups is 1. The molecular formula is C18H23F3N4O. The smallest absolute Gasteiger partial charge is 0.334 e. The zero-order valence-electron chi connectivity index (χ0n) is 14.4. The van der Waals surface area contributed by atoms with Crippen LogP contribution in [0, 0.1) is 5.92 Å². The summed E-state index contributed by atoms with van der Waals surface area (Å²) in [6.45, 7) is 2.08. The standard InChI is InChI=1S/C18H23F3N4O/c19-18(20,21)12-3-1-11(2-4-12)10-25(13-5-6-13)17(26)16-14-9-22-8-7-15(14)23-24-16/h1-4,13-16,22-24H,5-10H2. The number of alkyl halides is 3. The summed E-state index contributed by atoms with van der Waals surface area (Å²) in [5.41, 5.74) is 6.44. The Bertz CT molecular complexity index is 659. The van der Waals surface area contributed by atoms with Gasteiger partial charge in [-0.2, -0.15) is 13.2 Å². The van der Waals surface area contributed by atoms with E-state index in [2.05, 4.69) is 16.2 Å². The van der Waals surface area contributed by atoms with Gasteiger partial charge in [0.2, 0.25) is 5.91 Å². The molecule has 1 aromatic rings. The van der Waals surface area contributed by atoms with Crippen molar-refractivity contribution in [1.29, 1.82) is 0 Å². The molecule has 5 nitrogen and oxygen atoms in total. The minimum Gasteiger partial charge on any atom is -0.334 e. The van der Waals surface area contributed by atoms with Crippen LogP contribution in [-0.4, -0.2) is 42.0 Å². The molecule has 2 aliphatic heterocycles. The molecule has 4 rings (SSSR count). The summed E-state index contributed by atoms with van der Waals surface area (Å²) in [5, 5.41) is 3.34. The number of nitrogens with zero attached hydrogens (tertiary/aromatic N) is 1. The molecule has 1 aromatic carbocycles. The molecule has 26 heavy (non-hydrogen) atoms. The molecule has 3 fully saturated rings. The number of benzene rings is 1. The van der Waals surface area contributed by atoms with Crippen LogP contribution < -0.4 is 16.2 Å². The zero-order valence-corrected chi connectivity index (χ0v) is 14.4. The number of nitrogens with one attached hydrogen (secondary N) is 3. The van der Waals surface area contributed by atoms with Gasteiger partial charge in [0.15, 0.2) is 0 Å². The number of piperidine rings is 1. The maximum atomic E-state index is 13.1. The maximum Gasteiger partial charge on any atom is 0.416 e. The Morgan fingerprint density at radius 2 is 1.85 bits per heavy atom. The van der Waals surface area contributed by atoms with Gasteiger partial charge in [0, 0.05) is 31.1 Å². The Kier molecular flexibility index (Phi) is 4.66. The van der Waals surface area contributed by atoms with Crippen molar-refractivity contribution in [2.24, 2.45) is 5.92 Å². The molecule has 0 radical (unpaired) electrons. The van der Waals surface area contributed by atoms with Gasteiger partial charge >= 0.3 is 6.18 Å². The van der Waals surface area contributed by atoms with Gasteiger partial charge in [-0.25, -0.2) is 5.43 Å². The quantitative estimate of drug-likeness (QED) is 0.757. The molecule has 3 unspecified atom stereocenters. The highest BCUT2D eigenvalue weighted by Crippen LogP contribution is 2.33. The van der Waals surface area contributed by atoms with E-state index in [1.165, 1.54) is 12.1 Å². The number of carbonyl (C=O) groups excluding carboxylic acids is 1. The fraction of sp³-hybridized carbons (Fsp3) is 0.611. The summed E-state index contributed by atoms with van der Waals surface area (Å²) >= 11 is 0. The summed E-state index contributed by atoms with van der Waals surface area (Å²) in [6, 6.07) is 5.30. The Labute approximate surface area is 150 Å². The molecule has 3 atom stereocenters. The summed E-state index contributed by atoms with van der Waals surface area (Å²) in [4.78, 5) is 15.0. The number of carbonyl (C=O) groups is 1. The van der Waals surface area contributed by atoms with Gasteiger partial charge in [-0.15, -0.1) is 0 Å². The number of hydrogen-bond acceptors (Lipinski definition) is 4. The average Bonchev–Trinajstić information content (AvgIpc) is 3.37. The van der Waals surface area contributed by atoms with Crippen LogP contribution in [0.5, 0.6) is 0 Å². The van der Waals surface area contributed by atoms with Crippen molar-refractivity contribution >= 4 is 5.91 Å². The normalized spacial score (nSPS) is 28.7. The van der Waals surface area contributed by atoms with Crippen molar-refractivity contribution in [2.75, 3.05) is 13.1 Å². The molecule has 0 aromatic heterocycles. The van der Waals surface area contributed by atoms with E-state index >= 15 is 0 Å². The van der Waals surface area contributed by atoms with Crippen molar-refractivity contribution in [3.8, 4) is 0 Å². The first kappa shape index (κ1) is 17.8. The molecule has 8 heteroatoms. The summed E-state index contributed by atoms with van der Waals surface area (Å²) < 4.78 is 38.2. The molecule has 0 bridgehead atoms. The van der Waals surface area contributed by atoms with E-state index in [9.17, 15) is 18.0 Å². The van der Waals surface area contributed by atoms with Gasteiger partial charge in [-0.1, -0.05) is 12.1 Å². The van der Waals surface area contributed by atoms with Crippen LogP contribution in [0.1, 0.15) is 30.4 Å². The van der Waals surface area contributed by atoms with Crippen LogP contribution in [-0.2, 0) is 17.5 Å². The molecular weight excluding hydrogens is 345 g/mol. The molecule has 142 valence electrons. The summed E-state index contributed by atoms with van der Waals surface area (Å²) in [5.74, 6) is 0.237. The lowest BCUT2D eigenvalue weighted by Crippen LogP contribution is -2.51. The number of fused-ring (bicyclic) bond motifs is 1. The molecule has 0 spiro atoms. The van der Waals surface area contributed by atoms with Crippen LogP contribution in [0.2, 0.25) is 0 Å². The lowest BCUT2D eigenvalue weighted by molar-refractivity contribution is -0.138. The number of amides is 1. The third kappa shape index (κ3) is 3.58. The van der Waals surface area contributed by atoms with Crippen LogP contribution >= 0.6 is 0 Å². The topological polar surface area (TPSA) is 56.4 Å². The second-order valence-corrected chi connectivity index (χ2v) is 7.42. The predicted molar refractivity (Wildman–Crippen MR) is 89.8 cm³/mol. The zero-order chi connectivity index (χ0) is 18.3. The van der Waals surface area contributed by atoms with E-state index in [1.807, 2.05) is 4.90 Å². The fourth-order valence-electron chi connectivity index (χ4n) is 3.91. The minimum absolute atomic E-state index is 0.0381. The first-order valence-electron chi connectivity index (χ1n) is 9.12. The maximum absolute atomic E-state index is 13.1. The highest BCUT2D eigenvalue weighted by Gasteiger charge is 2.45. The van der Waals surface area contributed by atoms with E-state index in [1.54, 1.807) is 0 Å². The van der Waals surface area contributed by atoms with E-state index in [4.69, 9.17) is 0 Å². The van der Waals surface area contributed by atoms with Crippen molar-refractivity contribution in [2.45, 2.75) is 50.1 Å². The van der Waals surface area contributed by atoms with Gasteiger partial charge in [0.05, 0.1) is 5.56 Å². The molecule has 3 N–H and O–H groups in total. The SMILES string of the molecule is O=C(C1NNC2CCNCC21)N(Cc1ccc(C(F)(F)F)cc1)C1CC1. The number of halogens is 3. The summed E-state index contributed by atoms with van der Waals surface area (Å²) in [7, 11) is 0. The van der Waals surface area contributed by atoms with E-state index in [0.29, 0.717) is 6.54 Å². The first-order chi connectivity index (χ1) is 12.4. The van der Waals surface area contributed by atoms with Gasteiger partial charge in [-0.05, 0) is 43.5 Å². The van der Waals surface area contributed by atoms with Gasteiger partial charge < -0.3 is 10.2 Å². The van der Waals surface area contributed by atoms with Crippen molar-refractivity contribution < 1.29 is 18.0 Å². The largest absolute Gasteiger partial charge is 0.416 e. The van der Waals surface area contributed by atoms with Crippen LogP contribution in [0.25, 0.3) is 0 Å². The molecule has 2 saturated heterocycles. The lowest BCUT2D eigenvalue weighted by atomic mass is 9.88. The van der Waals surface area contributed by atoms with Crippen LogP contribution in [0.4, 0.5) is 13.2 Å². The molecule has 1 saturated carbocycles. The molecule has 1 aliphatic carbocycles. The van der Waals surface area contributed by atoms with Crippen molar-refractivity contribution in [3.63, 3.8) is 0 Å². The Hall–Kier alpha value is -1.64. The van der Waals surface area contributed by atoms with E-state index < -0.39 is 11.7 Å². The minimum atomic E-state index is -4.34. The Morgan fingerprint density at radius 3 is 2.50 bits per heavy atom. The van der Waals surface area contributed by atoms with Gasteiger partial charge in [0.25, 0.3) is 0 Å². The number of hydrogen-bond donors (Lipinski definition) is 3. The van der Waals surface area contributed by atoms with Crippen molar-refractivity contribution in [1.82, 2.24) is 21.1 Å². The van der Waals surface area contributed by atoms with E-state index in [0.717, 1.165) is 50.0 Å². The van der Waals surface area contributed by atoms with Crippen LogP contribution in [0.3, 0.4) is 0 Å². The van der Waals surface area contributed by atoms with Gasteiger partial charge in [-0.3, -0.25) is 10.2 Å². The first-order valence-corrected chi connectivity index (χ1v) is 9.12. The van der Waals surface area contributed by atoms with Crippen LogP contribution in [0.15, 0.2) is 24.3 Å². The highest BCUT2D eigenvalue weighted by molar-refractivity contribution is 5.83. The second-order valence-electron chi connectivity index (χ2n) is 7.42. The Morgan fingerprint density at radius 1 is 1.12 bits per heavy atom. The number of rotatable bonds is 4. The van der Waals surface area contributed by atoms with E-state index in [-0.39, 0.29) is 30.0 Å². The van der Waals surface area contributed by atoms with Crippen molar-refractivity contribution in [3.05, 3.63) is 35.4 Å². The molecule has 2 heterocycles. The third-order valence-corrected chi connectivity index (χ3v) is 5.55. The highest BCUT2D eigenvalue weighted by atomic mass is 19.4. The third-order valence-electron chi connectivity index (χ3n) is 5.55. The fourth-order valence-corrected chi connectivity index (χ4v) is 3.91. The van der Waals surface area contributed by atoms with Gasteiger partial charge in [0.1, 0.15) is 6.04 Å². The monoisotopic (exact) mass is 368 g/mol. The predicted octanol–water partition coefficient (Wildman–Crippen LogP) is 1.65. The summed E-state index contributed by atoms with van der Waals surface area (Å²) in [6.07, 6.45) is -1.45. The lowest BCUT2D eigenvalue weighted by Gasteiger charge is -2.31. The second kappa shape index (κ2) is 6.83. The molecule has 1 amide bonds.